The van der Waals surface area contributed by atoms with Crippen LogP contribution < -0.4 is 5.32 Å². The third-order valence-corrected chi connectivity index (χ3v) is 3.65. The molecule has 1 aromatic heterocycles. The molecule has 0 aliphatic carbocycles. The maximum absolute atomic E-state index is 4.96. The number of hydrogen-bond donors (Lipinski definition) is 2. The number of likely N-dealkylation sites (tertiary alicyclic amines) is 1. The number of aromatic nitrogens is 2. The standard InChI is InChI=1S/C8H14N4S2/c1-12-4-2-3-6(12)5-9-7-10-11-8(13)14-7/h6H,2-5H2,1H3,(H,9,10)(H,11,13). The van der Waals surface area contributed by atoms with E-state index in [1.54, 1.807) is 0 Å². The molecular formula is C8H14N4S2. The lowest BCUT2D eigenvalue weighted by Crippen LogP contribution is -2.31. The summed E-state index contributed by atoms with van der Waals surface area (Å²) in [6.07, 6.45) is 2.58. The molecule has 6 heteroatoms. The topological polar surface area (TPSA) is 44.0 Å². The fourth-order valence-corrected chi connectivity index (χ4v) is 2.54. The normalized spacial score (nSPS) is 22.8. The Labute approximate surface area is 92.3 Å². The molecule has 1 atom stereocenters. The van der Waals surface area contributed by atoms with E-state index >= 15 is 0 Å². The summed E-state index contributed by atoms with van der Waals surface area (Å²) in [5.74, 6) is 0. The minimum Gasteiger partial charge on any atom is -0.359 e. The van der Waals surface area contributed by atoms with Crippen molar-refractivity contribution in [3.05, 3.63) is 3.95 Å². The van der Waals surface area contributed by atoms with Crippen molar-refractivity contribution >= 4 is 28.7 Å². The van der Waals surface area contributed by atoms with E-state index in [9.17, 15) is 0 Å². The van der Waals surface area contributed by atoms with Gasteiger partial charge in [0.15, 0.2) is 3.95 Å². The first-order valence-electron chi connectivity index (χ1n) is 4.75. The van der Waals surface area contributed by atoms with Crippen LogP contribution in [0.2, 0.25) is 0 Å². The second-order valence-electron chi connectivity index (χ2n) is 3.58. The molecule has 0 bridgehead atoms. The Bertz CT molecular complexity index is 345. The summed E-state index contributed by atoms with van der Waals surface area (Å²) in [7, 11) is 2.17. The molecule has 78 valence electrons. The summed E-state index contributed by atoms with van der Waals surface area (Å²) >= 11 is 6.45. The third-order valence-electron chi connectivity index (χ3n) is 2.60. The molecule has 1 saturated heterocycles. The Hall–Kier alpha value is -0.460. The molecule has 0 amide bonds. The van der Waals surface area contributed by atoms with Crippen molar-refractivity contribution in [3.63, 3.8) is 0 Å². The van der Waals surface area contributed by atoms with Gasteiger partial charge < -0.3 is 10.2 Å². The minimum absolute atomic E-state index is 0.646. The molecule has 1 aromatic rings. The molecule has 1 aliphatic heterocycles. The molecule has 14 heavy (non-hydrogen) atoms. The fraction of sp³-hybridized carbons (Fsp3) is 0.750. The maximum Gasteiger partial charge on any atom is 0.204 e. The molecule has 2 rings (SSSR count). The van der Waals surface area contributed by atoms with E-state index < -0.39 is 0 Å². The second kappa shape index (κ2) is 4.37. The Morgan fingerprint density at radius 2 is 2.64 bits per heavy atom. The van der Waals surface area contributed by atoms with Crippen LogP contribution in [0.3, 0.4) is 0 Å². The van der Waals surface area contributed by atoms with Crippen LogP contribution in [0.15, 0.2) is 0 Å². The predicted octanol–water partition coefficient (Wildman–Crippen LogP) is 1.71. The highest BCUT2D eigenvalue weighted by Gasteiger charge is 2.20. The van der Waals surface area contributed by atoms with Crippen molar-refractivity contribution in [2.45, 2.75) is 18.9 Å². The molecule has 1 fully saturated rings. The summed E-state index contributed by atoms with van der Waals surface area (Å²) in [6, 6.07) is 0.646. The van der Waals surface area contributed by atoms with Crippen LogP contribution >= 0.6 is 23.6 Å². The van der Waals surface area contributed by atoms with Crippen molar-refractivity contribution in [1.29, 1.82) is 0 Å². The molecule has 1 aliphatic rings. The zero-order chi connectivity index (χ0) is 9.97. The van der Waals surface area contributed by atoms with Gasteiger partial charge in [-0.15, -0.1) is 5.10 Å². The van der Waals surface area contributed by atoms with Gasteiger partial charge in [0.2, 0.25) is 5.13 Å². The average molecular weight is 230 g/mol. The summed E-state index contributed by atoms with van der Waals surface area (Å²) in [5.41, 5.74) is 0. The molecule has 4 nitrogen and oxygen atoms in total. The van der Waals surface area contributed by atoms with Gasteiger partial charge >= 0.3 is 0 Å². The molecular weight excluding hydrogens is 216 g/mol. The largest absolute Gasteiger partial charge is 0.359 e. The number of nitrogens with zero attached hydrogens (tertiary/aromatic N) is 2. The van der Waals surface area contributed by atoms with Gasteiger partial charge in [0.05, 0.1) is 0 Å². The zero-order valence-corrected chi connectivity index (χ0v) is 9.75. The molecule has 0 aromatic carbocycles. The van der Waals surface area contributed by atoms with Crippen LogP contribution in [-0.2, 0) is 0 Å². The molecule has 2 heterocycles. The van der Waals surface area contributed by atoms with E-state index in [0.29, 0.717) is 6.04 Å². The van der Waals surface area contributed by atoms with Gasteiger partial charge in [-0.25, -0.2) is 0 Å². The molecule has 0 radical (unpaired) electrons. The molecule has 1 unspecified atom stereocenters. The highest BCUT2D eigenvalue weighted by Crippen LogP contribution is 2.16. The number of aromatic amines is 1. The number of hydrogen-bond acceptors (Lipinski definition) is 5. The van der Waals surface area contributed by atoms with Crippen molar-refractivity contribution < 1.29 is 0 Å². The first kappa shape index (κ1) is 10.1. The maximum atomic E-state index is 4.96. The van der Waals surface area contributed by atoms with Crippen molar-refractivity contribution in [3.8, 4) is 0 Å². The van der Waals surface area contributed by atoms with Gasteiger partial charge in [-0.3, -0.25) is 5.10 Å². The number of likely N-dealkylation sites (N-methyl/N-ethyl adjacent to an activating group) is 1. The summed E-state index contributed by atoms with van der Waals surface area (Å²) in [4.78, 5) is 2.39. The van der Waals surface area contributed by atoms with E-state index in [4.69, 9.17) is 12.2 Å². The van der Waals surface area contributed by atoms with Gasteiger partial charge in [0.1, 0.15) is 0 Å². The van der Waals surface area contributed by atoms with Gasteiger partial charge in [-0.05, 0) is 38.7 Å². The monoisotopic (exact) mass is 230 g/mol. The van der Waals surface area contributed by atoms with Gasteiger partial charge in [0.25, 0.3) is 0 Å². The van der Waals surface area contributed by atoms with Gasteiger partial charge in [-0.2, -0.15) is 0 Å². The number of nitrogens with one attached hydrogen (secondary N) is 2. The minimum atomic E-state index is 0.646. The van der Waals surface area contributed by atoms with Crippen LogP contribution in [0.5, 0.6) is 0 Å². The number of rotatable bonds is 3. The zero-order valence-electron chi connectivity index (χ0n) is 8.12. The van der Waals surface area contributed by atoms with E-state index in [1.807, 2.05) is 0 Å². The SMILES string of the molecule is CN1CCCC1CNc1n[nH]c(=S)s1. The van der Waals surface area contributed by atoms with E-state index in [1.165, 1.54) is 30.7 Å². The highest BCUT2D eigenvalue weighted by atomic mass is 32.1. The van der Waals surface area contributed by atoms with Crippen molar-refractivity contribution in [2.75, 3.05) is 25.5 Å². The number of H-pyrrole nitrogens is 1. The fourth-order valence-electron chi connectivity index (χ4n) is 1.75. The molecule has 2 N–H and O–H groups in total. The predicted molar refractivity (Wildman–Crippen MR) is 61.4 cm³/mol. The lowest BCUT2D eigenvalue weighted by molar-refractivity contribution is 0.322. The first-order chi connectivity index (χ1) is 6.75. The number of anilines is 1. The summed E-state index contributed by atoms with van der Waals surface area (Å²) in [6.45, 7) is 2.18. The molecule has 0 saturated carbocycles. The lowest BCUT2D eigenvalue weighted by Gasteiger charge is -2.18. The van der Waals surface area contributed by atoms with Crippen molar-refractivity contribution in [2.24, 2.45) is 0 Å². The Morgan fingerprint density at radius 3 is 3.21 bits per heavy atom. The Balaban J connectivity index is 1.85. The smallest absolute Gasteiger partial charge is 0.204 e. The quantitative estimate of drug-likeness (QED) is 0.776. The van der Waals surface area contributed by atoms with Crippen LogP contribution in [0, 0.1) is 3.95 Å². The summed E-state index contributed by atoms with van der Waals surface area (Å²) < 4.78 is 0.729. The van der Waals surface area contributed by atoms with E-state index in [-0.39, 0.29) is 0 Å². The van der Waals surface area contributed by atoms with Crippen LogP contribution in [-0.4, -0.2) is 41.3 Å². The summed E-state index contributed by atoms with van der Waals surface area (Å²) in [5, 5.41) is 11.0. The van der Waals surface area contributed by atoms with Crippen LogP contribution in [0.4, 0.5) is 5.13 Å². The second-order valence-corrected chi connectivity index (χ2v) is 5.24. The van der Waals surface area contributed by atoms with Crippen LogP contribution in [0.1, 0.15) is 12.8 Å². The van der Waals surface area contributed by atoms with Crippen molar-refractivity contribution in [1.82, 2.24) is 15.1 Å². The lowest BCUT2D eigenvalue weighted by atomic mass is 10.2. The van der Waals surface area contributed by atoms with Gasteiger partial charge in [0, 0.05) is 12.6 Å². The third kappa shape index (κ3) is 2.31. The first-order valence-corrected chi connectivity index (χ1v) is 5.98. The van der Waals surface area contributed by atoms with Crippen LogP contribution in [0.25, 0.3) is 0 Å². The molecule has 0 spiro atoms. The van der Waals surface area contributed by atoms with E-state index in [2.05, 4.69) is 27.5 Å². The van der Waals surface area contributed by atoms with E-state index in [0.717, 1.165) is 15.6 Å². The van der Waals surface area contributed by atoms with Gasteiger partial charge in [-0.1, -0.05) is 11.3 Å². The Morgan fingerprint density at radius 1 is 1.79 bits per heavy atom. The highest BCUT2D eigenvalue weighted by molar-refractivity contribution is 7.73. The average Bonchev–Trinajstić information content (AvgIpc) is 2.72. The Kier molecular flexibility index (Phi) is 3.15.